The second-order valence-electron chi connectivity index (χ2n) is 14.3. The van der Waals surface area contributed by atoms with Gasteiger partial charge in [-0.25, -0.2) is 0 Å². The highest BCUT2D eigenvalue weighted by atomic mass is 16.4. The fourth-order valence-electron chi connectivity index (χ4n) is 6.19. The van der Waals surface area contributed by atoms with Crippen LogP contribution >= 0.6 is 0 Å². The van der Waals surface area contributed by atoms with Crippen LogP contribution in [0.3, 0.4) is 0 Å². The highest BCUT2D eigenvalue weighted by Crippen LogP contribution is 2.17. The summed E-state index contributed by atoms with van der Waals surface area (Å²) >= 11 is 0. The number of carbonyl (C=O) groups excluding carboxylic acids is 4. The fourth-order valence-corrected chi connectivity index (χ4v) is 6.19. The number of unbranched alkanes of at least 4 members (excludes halogenated alkanes) is 15. The molecule has 0 saturated heterocycles. The average Bonchev–Trinajstić information content (AvgIpc) is 3.12. The minimum absolute atomic E-state index is 0.00695. The van der Waals surface area contributed by atoms with Crippen LogP contribution in [0.15, 0.2) is 24.3 Å². The number of benzene rings is 1. The van der Waals surface area contributed by atoms with Crippen LogP contribution < -0.4 is 21.7 Å². The van der Waals surface area contributed by atoms with Crippen LogP contribution in [-0.2, 0) is 24.0 Å². The maximum absolute atomic E-state index is 12.6. The molecule has 2 atom stereocenters. The number of ketones is 1. The molecule has 0 fully saturated rings. The molecule has 12 nitrogen and oxygen atoms in total. The van der Waals surface area contributed by atoms with Crippen LogP contribution in [-0.4, -0.2) is 64.8 Å². The van der Waals surface area contributed by atoms with Crippen LogP contribution in [0.25, 0.3) is 0 Å². The lowest BCUT2D eigenvalue weighted by atomic mass is 9.94. The van der Waals surface area contributed by atoms with Crippen LogP contribution in [0, 0.1) is 5.92 Å². The van der Waals surface area contributed by atoms with Crippen molar-refractivity contribution in [1.29, 1.82) is 0 Å². The van der Waals surface area contributed by atoms with Crippen LogP contribution in [0.4, 0.5) is 5.69 Å². The molecular weight excluding hydrogens is 676 g/mol. The molecule has 53 heavy (non-hydrogen) atoms. The van der Waals surface area contributed by atoms with Crippen molar-refractivity contribution in [3.05, 3.63) is 29.8 Å². The number of hydrogen-bond donors (Lipinski definition) is 6. The van der Waals surface area contributed by atoms with E-state index in [2.05, 4.69) is 22.9 Å². The van der Waals surface area contributed by atoms with Crippen LogP contribution in [0.2, 0.25) is 0 Å². The molecule has 3 amide bonds. The minimum Gasteiger partial charge on any atom is -0.481 e. The van der Waals surface area contributed by atoms with E-state index in [0.717, 1.165) is 70.0 Å². The van der Waals surface area contributed by atoms with Gasteiger partial charge in [0.25, 0.3) is 5.91 Å². The molecule has 0 unspecified atom stereocenters. The summed E-state index contributed by atoms with van der Waals surface area (Å²) in [7, 11) is 0. The van der Waals surface area contributed by atoms with Gasteiger partial charge in [-0.05, 0) is 69.2 Å². The molecule has 0 bridgehead atoms. The van der Waals surface area contributed by atoms with Crippen molar-refractivity contribution >= 4 is 41.1 Å². The van der Waals surface area contributed by atoms with E-state index in [0.29, 0.717) is 31.4 Å². The Morgan fingerprint density at radius 1 is 0.642 bits per heavy atom. The third-order valence-corrected chi connectivity index (χ3v) is 9.53. The van der Waals surface area contributed by atoms with Gasteiger partial charge in [-0.2, -0.15) is 0 Å². The smallest absolute Gasteiger partial charge is 0.306 e. The van der Waals surface area contributed by atoms with Gasteiger partial charge in [-0.15, -0.1) is 0 Å². The molecule has 0 heterocycles. The lowest BCUT2D eigenvalue weighted by Gasteiger charge is -2.17. The summed E-state index contributed by atoms with van der Waals surface area (Å²) in [5.41, 5.74) is 7.01. The predicted molar refractivity (Wildman–Crippen MR) is 209 cm³/mol. The van der Waals surface area contributed by atoms with E-state index in [-0.39, 0.29) is 43.8 Å². The Bertz CT molecular complexity index is 1210. The Kier molecular flexibility index (Phi) is 27.1. The first kappa shape index (κ1) is 47.1. The first-order valence-electron chi connectivity index (χ1n) is 20.2. The van der Waals surface area contributed by atoms with Crippen LogP contribution in [0.1, 0.15) is 171 Å². The van der Waals surface area contributed by atoms with Crippen molar-refractivity contribution in [2.75, 3.05) is 18.4 Å². The van der Waals surface area contributed by atoms with E-state index in [1.165, 1.54) is 44.9 Å². The molecule has 0 aliphatic carbocycles. The monoisotopic (exact) mass is 745 g/mol. The Balaban J connectivity index is 2.17. The summed E-state index contributed by atoms with van der Waals surface area (Å²) in [6.45, 7) is 3.40. The van der Waals surface area contributed by atoms with Gasteiger partial charge in [0.2, 0.25) is 11.8 Å². The number of carbonyl (C=O) groups is 6. The zero-order chi connectivity index (χ0) is 39.1. The Morgan fingerprint density at radius 2 is 1.19 bits per heavy atom. The number of hydrogen-bond acceptors (Lipinski definition) is 7. The molecule has 1 aromatic carbocycles. The van der Waals surface area contributed by atoms with Crippen molar-refractivity contribution < 1.29 is 39.0 Å². The van der Waals surface area contributed by atoms with Crippen molar-refractivity contribution in [1.82, 2.24) is 10.6 Å². The Hall–Kier alpha value is -3.96. The zero-order valence-electron chi connectivity index (χ0n) is 32.3. The quantitative estimate of drug-likeness (QED) is 0.0379. The Labute approximate surface area is 317 Å². The molecule has 0 radical (unpaired) electrons. The van der Waals surface area contributed by atoms with Crippen molar-refractivity contribution in [2.45, 2.75) is 167 Å². The van der Waals surface area contributed by atoms with E-state index >= 15 is 0 Å². The number of carboxylic acids is 2. The summed E-state index contributed by atoms with van der Waals surface area (Å²) in [5, 5.41) is 27.1. The first-order valence-corrected chi connectivity index (χ1v) is 20.2. The summed E-state index contributed by atoms with van der Waals surface area (Å²) in [4.78, 5) is 71.8. The van der Waals surface area contributed by atoms with Crippen molar-refractivity contribution in [3.8, 4) is 0 Å². The molecule has 1 rings (SSSR count). The largest absolute Gasteiger partial charge is 0.481 e. The first-order chi connectivity index (χ1) is 25.5. The number of nitrogens with two attached hydrogens (primary N) is 1. The van der Waals surface area contributed by atoms with E-state index < -0.39 is 35.7 Å². The number of primary amides is 1. The second kappa shape index (κ2) is 30.5. The fraction of sp³-hybridized carbons (Fsp3) is 0.707. The standard InChI is InChI=1S/C41H68N4O8/c1-2-3-29-43-34-26-23-32(24-27-34)40(51)44-30-19-18-21-36(39(42)50)45-37(47)28-25-33(41(52)53)31-35(46)20-16-14-12-10-8-6-4-5-7-9-11-13-15-17-22-38(48)49/h23-24,26-27,33,36,43H,2-22,25,28-31H2,1H3,(H2,42,50)(H,44,51)(H,45,47)(H,48,49)(H,52,53)/t33-,36+/m1/s1. The molecule has 300 valence electrons. The van der Waals surface area contributed by atoms with E-state index in [1.807, 2.05) is 12.1 Å². The molecular formula is C41H68N4O8. The van der Waals surface area contributed by atoms with Gasteiger partial charge in [-0.3, -0.25) is 28.8 Å². The predicted octanol–water partition coefficient (Wildman–Crippen LogP) is 7.54. The van der Waals surface area contributed by atoms with Crippen molar-refractivity contribution in [2.24, 2.45) is 11.7 Å². The highest BCUT2D eigenvalue weighted by molar-refractivity contribution is 5.94. The van der Waals surface area contributed by atoms with Gasteiger partial charge in [0.05, 0.1) is 5.92 Å². The topological polar surface area (TPSA) is 205 Å². The summed E-state index contributed by atoms with van der Waals surface area (Å²) < 4.78 is 0. The SMILES string of the molecule is CCCCNc1ccc(C(=O)NCCCC[C@H](NC(=O)CC[C@H](CC(=O)CCCCCCCCCCCCCCCCC(=O)O)C(=O)O)C(N)=O)cc1. The maximum atomic E-state index is 12.6. The number of anilines is 1. The molecule has 12 heteroatoms. The van der Waals surface area contributed by atoms with Gasteiger partial charge in [0.15, 0.2) is 0 Å². The van der Waals surface area contributed by atoms with Crippen LogP contribution in [0.5, 0.6) is 0 Å². The minimum atomic E-state index is -1.12. The normalized spacial score (nSPS) is 12.1. The maximum Gasteiger partial charge on any atom is 0.306 e. The second-order valence-corrected chi connectivity index (χ2v) is 14.3. The van der Waals surface area contributed by atoms with Gasteiger partial charge in [0.1, 0.15) is 11.8 Å². The molecule has 0 saturated carbocycles. The number of rotatable bonds is 35. The average molecular weight is 745 g/mol. The third-order valence-electron chi connectivity index (χ3n) is 9.53. The molecule has 0 aliphatic heterocycles. The van der Waals surface area contributed by atoms with E-state index in [1.54, 1.807) is 12.1 Å². The van der Waals surface area contributed by atoms with Crippen molar-refractivity contribution in [3.63, 3.8) is 0 Å². The number of carboxylic acid groups (broad SMARTS) is 2. The molecule has 0 spiro atoms. The Morgan fingerprint density at radius 3 is 1.70 bits per heavy atom. The molecule has 0 aliphatic rings. The number of Topliss-reactive ketones (excluding diaryl/α,β-unsaturated/α-hetero) is 1. The van der Waals surface area contributed by atoms with Gasteiger partial charge in [-0.1, -0.05) is 90.4 Å². The highest BCUT2D eigenvalue weighted by Gasteiger charge is 2.24. The molecule has 7 N–H and O–H groups in total. The molecule has 1 aromatic rings. The lowest BCUT2D eigenvalue weighted by Crippen LogP contribution is -2.44. The summed E-state index contributed by atoms with van der Waals surface area (Å²) in [5.74, 6) is -4.27. The lowest BCUT2D eigenvalue weighted by molar-refractivity contribution is -0.144. The van der Waals surface area contributed by atoms with E-state index in [9.17, 15) is 33.9 Å². The number of nitrogens with one attached hydrogen (secondary N) is 3. The number of aliphatic carboxylic acids is 2. The van der Waals surface area contributed by atoms with Gasteiger partial charge < -0.3 is 31.9 Å². The summed E-state index contributed by atoms with van der Waals surface area (Å²) in [6.07, 6.45) is 19.1. The summed E-state index contributed by atoms with van der Waals surface area (Å²) in [6, 6.07) is 6.36. The van der Waals surface area contributed by atoms with Gasteiger partial charge >= 0.3 is 11.9 Å². The third kappa shape index (κ3) is 25.6. The van der Waals surface area contributed by atoms with E-state index in [4.69, 9.17) is 10.8 Å². The van der Waals surface area contributed by atoms with Gasteiger partial charge in [0, 0.05) is 50.0 Å². The molecule has 0 aromatic heterocycles. The number of amides is 3. The zero-order valence-corrected chi connectivity index (χ0v) is 32.3.